The molecule has 0 aromatic heterocycles. The van der Waals surface area contributed by atoms with Gasteiger partial charge in [0.15, 0.2) is 11.6 Å². The van der Waals surface area contributed by atoms with Crippen molar-refractivity contribution in [3.05, 3.63) is 108 Å². The summed E-state index contributed by atoms with van der Waals surface area (Å²) in [7, 11) is 1.33. The summed E-state index contributed by atoms with van der Waals surface area (Å²) in [6.07, 6.45) is 0. The topological polar surface area (TPSA) is 102 Å². The standard InChI is InChI=1S/C28H23F2NO5S/c1-35-24-13-6-16(14-21(24)30)27(26(28(33)34)20-4-2-3-5-23(20)32)37-25-15-19(11-12-22(25)31)36-18-9-7-17(29)8-10-18/h2-15,26-27,32H,31H2,1H3,(H,33,34). The van der Waals surface area contributed by atoms with E-state index in [4.69, 9.17) is 15.2 Å². The number of nitrogens with two attached hydrogens (primary N) is 1. The van der Waals surface area contributed by atoms with Gasteiger partial charge in [-0.3, -0.25) is 4.79 Å². The van der Waals surface area contributed by atoms with Gasteiger partial charge in [-0.25, -0.2) is 8.78 Å². The van der Waals surface area contributed by atoms with Crippen molar-refractivity contribution in [3.8, 4) is 23.0 Å². The number of hydrogen-bond donors (Lipinski definition) is 3. The predicted molar refractivity (Wildman–Crippen MR) is 137 cm³/mol. The average Bonchev–Trinajstić information content (AvgIpc) is 2.87. The monoisotopic (exact) mass is 523 g/mol. The van der Waals surface area contributed by atoms with Crippen LogP contribution in [0.2, 0.25) is 0 Å². The van der Waals surface area contributed by atoms with Crippen molar-refractivity contribution >= 4 is 23.4 Å². The van der Waals surface area contributed by atoms with E-state index in [1.807, 2.05) is 0 Å². The SMILES string of the molecule is COc1ccc(C(Sc2cc(Oc3ccc(F)cc3)ccc2N)C(C(=O)O)c2ccccc2O)cc1F. The molecule has 0 aliphatic carbocycles. The van der Waals surface area contributed by atoms with Gasteiger partial charge < -0.3 is 25.4 Å². The van der Waals surface area contributed by atoms with Crippen LogP contribution in [0.1, 0.15) is 22.3 Å². The van der Waals surface area contributed by atoms with E-state index in [0.717, 1.165) is 11.8 Å². The number of carbonyl (C=O) groups is 1. The Kier molecular flexibility index (Phi) is 7.83. The number of methoxy groups -OCH3 is 1. The summed E-state index contributed by atoms with van der Waals surface area (Å²) >= 11 is 1.09. The number of nitrogen functional groups attached to an aromatic ring is 1. The number of carboxylic acids is 1. The van der Waals surface area contributed by atoms with Crippen LogP contribution in [0.15, 0.2) is 89.8 Å². The molecule has 0 saturated carbocycles. The van der Waals surface area contributed by atoms with Gasteiger partial charge in [0.2, 0.25) is 0 Å². The minimum absolute atomic E-state index is 0.0103. The lowest BCUT2D eigenvalue weighted by Gasteiger charge is -2.26. The maximum absolute atomic E-state index is 14.7. The van der Waals surface area contributed by atoms with Gasteiger partial charge in [0.1, 0.15) is 29.0 Å². The average molecular weight is 524 g/mol. The molecule has 4 aromatic carbocycles. The van der Waals surface area contributed by atoms with Gasteiger partial charge in [-0.1, -0.05) is 24.3 Å². The van der Waals surface area contributed by atoms with Crippen LogP contribution < -0.4 is 15.2 Å². The highest BCUT2D eigenvalue weighted by molar-refractivity contribution is 7.99. The molecule has 0 radical (unpaired) electrons. The van der Waals surface area contributed by atoms with E-state index in [0.29, 0.717) is 27.6 Å². The molecule has 0 heterocycles. The smallest absolute Gasteiger partial charge is 0.312 e. The van der Waals surface area contributed by atoms with Gasteiger partial charge in [-0.05, 0) is 66.2 Å². The molecular formula is C28H23F2NO5S. The van der Waals surface area contributed by atoms with E-state index in [1.165, 1.54) is 55.6 Å². The fourth-order valence-electron chi connectivity index (χ4n) is 3.82. The van der Waals surface area contributed by atoms with Crippen molar-refractivity contribution < 1.29 is 33.3 Å². The van der Waals surface area contributed by atoms with Crippen LogP contribution in [0, 0.1) is 11.6 Å². The first kappa shape index (κ1) is 25.8. The summed E-state index contributed by atoms with van der Waals surface area (Å²) in [5.41, 5.74) is 7.09. The lowest BCUT2D eigenvalue weighted by Crippen LogP contribution is -2.19. The molecule has 4 aromatic rings. The first-order chi connectivity index (χ1) is 17.8. The fraction of sp³-hybridized carbons (Fsp3) is 0.107. The van der Waals surface area contributed by atoms with Crippen LogP contribution in [0.5, 0.6) is 23.0 Å². The maximum atomic E-state index is 14.7. The Hall–Kier alpha value is -4.24. The van der Waals surface area contributed by atoms with Crippen molar-refractivity contribution in [2.24, 2.45) is 0 Å². The van der Waals surface area contributed by atoms with Crippen molar-refractivity contribution in [1.29, 1.82) is 0 Å². The van der Waals surface area contributed by atoms with Gasteiger partial charge in [-0.15, -0.1) is 11.8 Å². The number of para-hydroxylation sites is 1. The van der Waals surface area contributed by atoms with E-state index in [1.54, 1.807) is 36.4 Å². The number of carboxylic acid groups (broad SMARTS) is 1. The van der Waals surface area contributed by atoms with Crippen molar-refractivity contribution in [2.75, 3.05) is 12.8 Å². The molecule has 2 atom stereocenters. The fourth-order valence-corrected chi connectivity index (χ4v) is 5.16. The molecule has 6 nitrogen and oxygen atoms in total. The van der Waals surface area contributed by atoms with Crippen LogP contribution in [0.4, 0.5) is 14.5 Å². The minimum Gasteiger partial charge on any atom is -0.508 e. The van der Waals surface area contributed by atoms with Gasteiger partial charge >= 0.3 is 5.97 Å². The number of phenols is 1. The number of ether oxygens (including phenoxy) is 2. The number of halogens is 2. The van der Waals surface area contributed by atoms with E-state index < -0.39 is 28.8 Å². The Balaban J connectivity index is 1.78. The predicted octanol–water partition coefficient (Wildman–Crippen LogP) is 6.76. The van der Waals surface area contributed by atoms with Crippen molar-refractivity contribution in [2.45, 2.75) is 16.1 Å². The summed E-state index contributed by atoms with van der Waals surface area (Å²) in [6, 6.07) is 20.6. The molecule has 37 heavy (non-hydrogen) atoms. The molecule has 4 rings (SSSR count). The summed E-state index contributed by atoms with van der Waals surface area (Å²) in [6.45, 7) is 0. The van der Waals surface area contributed by atoms with Crippen LogP contribution in [0.3, 0.4) is 0 Å². The van der Waals surface area contributed by atoms with Crippen LogP contribution in [-0.4, -0.2) is 23.3 Å². The highest BCUT2D eigenvalue weighted by Gasteiger charge is 2.35. The second-order valence-corrected chi connectivity index (χ2v) is 9.25. The lowest BCUT2D eigenvalue weighted by molar-refractivity contribution is -0.138. The summed E-state index contributed by atoms with van der Waals surface area (Å²) < 4.78 is 38.8. The molecule has 0 bridgehead atoms. The van der Waals surface area contributed by atoms with Crippen LogP contribution >= 0.6 is 11.8 Å². The molecule has 190 valence electrons. The highest BCUT2D eigenvalue weighted by atomic mass is 32.2. The van der Waals surface area contributed by atoms with Gasteiger partial charge in [0, 0.05) is 16.1 Å². The molecule has 0 aliphatic heterocycles. The third-order valence-electron chi connectivity index (χ3n) is 5.63. The normalized spacial score (nSPS) is 12.5. The molecule has 0 amide bonds. The number of aliphatic carboxylic acids is 1. The number of phenolic OH excluding ortho intramolecular Hbond substituents is 1. The Bertz CT molecular complexity index is 1410. The molecule has 2 unspecified atom stereocenters. The summed E-state index contributed by atoms with van der Waals surface area (Å²) in [5.74, 6) is -2.95. The maximum Gasteiger partial charge on any atom is 0.312 e. The number of anilines is 1. The van der Waals surface area contributed by atoms with Crippen molar-refractivity contribution in [1.82, 2.24) is 0 Å². The Morgan fingerprint density at radius 3 is 2.30 bits per heavy atom. The Morgan fingerprint density at radius 2 is 1.65 bits per heavy atom. The Labute approximate surface area is 216 Å². The molecule has 0 saturated heterocycles. The van der Waals surface area contributed by atoms with Crippen molar-refractivity contribution in [3.63, 3.8) is 0 Å². The number of aromatic hydroxyl groups is 1. The zero-order chi connectivity index (χ0) is 26.5. The highest BCUT2D eigenvalue weighted by Crippen LogP contribution is 2.49. The number of rotatable bonds is 9. The largest absolute Gasteiger partial charge is 0.508 e. The zero-order valence-corrected chi connectivity index (χ0v) is 20.4. The second kappa shape index (κ2) is 11.2. The van der Waals surface area contributed by atoms with Crippen LogP contribution in [0.25, 0.3) is 0 Å². The van der Waals surface area contributed by atoms with Gasteiger partial charge in [0.05, 0.1) is 12.4 Å². The minimum atomic E-state index is -1.26. The molecule has 0 spiro atoms. The third kappa shape index (κ3) is 5.95. The van der Waals surface area contributed by atoms with E-state index in [-0.39, 0.29) is 17.1 Å². The quantitative estimate of drug-likeness (QED) is 0.165. The van der Waals surface area contributed by atoms with Crippen LogP contribution in [-0.2, 0) is 4.79 Å². The number of hydrogen-bond acceptors (Lipinski definition) is 6. The number of thioether (sulfide) groups is 1. The molecule has 4 N–H and O–H groups in total. The molecule has 0 aliphatic rings. The first-order valence-electron chi connectivity index (χ1n) is 11.1. The molecular weight excluding hydrogens is 500 g/mol. The third-order valence-corrected chi connectivity index (χ3v) is 7.04. The Morgan fingerprint density at radius 1 is 0.946 bits per heavy atom. The van der Waals surface area contributed by atoms with Gasteiger partial charge in [0.25, 0.3) is 0 Å². The zero-order valence-electron chi connectivity index (χ0n) is 19.6. The van der Waals surface area contributed by atoms with E-state index in [9.17, 15) is 23.8 Å². The van der Waals surface area contributed by atoms with E-state index >= 15 is 0 Å². The lowest BCUT2D eigenvalue weighted by atomic mass is 9.90. The molecule has 9 heteroatoms. The molecule has 0 fully saturated rings. The number of benzene rings is 4. The summed E-state index contributed by atoms with van der Waals surface area (Å²) in [5, 5.41) is 19.8. The second-order valence-electron chi connectivity index (χ2n) is 8.06. The van der Waals surface area contributed by atoms with E-state index in [2.05, 4.69) is 0 Å². The first-order valence-corrected chi connectivity index (χ1v) is 12.0. The van der Waals surface area contributed by atoms with Gasteiger partial charge in [-0.2, -0.15) is 0 Å². The summed E-state index contributed by atoms with van der Waals surface area (Å²) in [4.78, 5) is 13.0.